The third-order valence-corrected chi connectivity index (χ3v) is 4.33. The maximum Gasteiger partial charge on any atom is 0.265 e. The third-order valence-electron chi connectivity index (χ3n) is 4.33. The number of rotatable bonds is 5. The van der Waals surface area contributed by atoms with Crippen LogP contribution in [-0.2, 0) is 0 Å². The van der Waals surface area contributed by atoms with Crippen LogP contribution in [0.3, 0.4) is 0 Å². The number of ether oxygens (including phenoxy) is 2. The summed E-state index contributed by atoms with van der Waals surface area (Å²) in [5.74, 6) is -0.0983. The quantitative estimate of drug-likeness (QED) is 0.557. The number of nitrogens with one attached hydrogen (secondary N) is 1. The molecule has 2 aromatic carbocycles. The summed E-state index contributed by atoms with van der Waals surface area (Å²) in [5, 5.41) is 3.32. The van der Waals surface area contributed by atoms with Crippen molar-refractivity contribution < 1.29 is 13.9 Å². The molecule has 8 nitrogen and oxygen atoms in total. The fourth-order valence-electron chi connectivity index (χ4n) is 2.88. The molecule has 0 amide bonds. The van der Waals surface area contributed by atoms with Gasteiger partial charge in [-0.1, -0.05) is 0 Å². The van der Waals surface area contributed by atoms with Crippen molar-refractivity contribution in [1.29, 1.82) is 0 Å². The third kappa shape index (κ3) is 3.45. The Labute approximate surface area is 164 Å². The van der Waals surface area contributed by atoms with Crippen molar-refractivity contribution >= 4 is 22.3 Å². The van der Waals surface area contributed by atoms with Crippen LogP contribution in [0.15, 0.2) is 60.2 Å². The lowest BCUT2D eigenvalue weighted by Crippen LogP contribution is -2.19. The molecular formula is C20H16FN5O3. The minimum Gasteiger partial charge on any atom is -0.497 e. The molecule has 0 saturated heterocycles. The van der Waals surface area contributed by atoms with Gasteiger partial charge >= 0.3 is 0 Å². The molecule has 0 saturated carbocycles. The molecule has 4 rings (SSSR count). The molecule has 1 N–H and O–H groups in total. The Hall–Kier alpha value is -4.01. The van der Waals surface area contributed by atoms with E-state index in [1.165, 1.54) is 56.0 Å². The number of methoxy groups -OCH3 is 2. The summed E-state index contributed by atoms with van der Waals surface area (Å²) < 4.78 is 26.2. The maximum atomic E-state index is 14.6. The highest BCUT2D eigenvalue weighted by Crippen LogP contribution is 2.32. The van der Waals surface area contributed by atoms with Crippen LogP contribution in [0.1, 0.15) is 0 Å². The fourth-order valence-corrected chi connectivity index (χ4v) is 2.88. The van der Waals surface area contributed by atoms with Gasteiger partial charge in [0.05, 0.1) is 48.9 Å². The van der Waals surface area contributed by atoms with Gasteiger partial charge in [-0.2, -0.15) is 0 Å². The first-order valence-electron chi connectivity index (χ1n) is 8.56. The Bertz CT molecular complexity index is 1240. The molecule has 4 aromatic rings. The molecule has 0 aliphatic rings. The van der Waals surface area contributed by atoms with Gasteiger partial charge in [-0.25, -0.2) is 19.3 Å². The normalized spacial score (nSPS) is 10.7. The van der Waals surface area contributed by atoms with Crippen molar-refractivity contribution in [2.24, 2.45) is 0 Å². The van der Waals surface area contributed by atoms with Crippen molar-refractivity contribution in [3.05, 3.63) is 71.6 Å². The largest absolute Gasteiger partial charge is 0.497 e. The summed E-state index contributed by atoms with van der Waals surface area (Å²) in [4.78, 5) is 25.1. The summed E-state index contributed by atoms with van der Waals surface area (Å²) >= 11 is 0. The highest BCUT2D eigenvalue weighted by molar-refractivity contribution is 5.83. The predicted molar refractivity (Wildman–Crippen MR) is 106 cm³/mol. The van der Waals surface area contributed by atoms with E-state index in [-0.39, 0.29) is 17.0 Å². The van der Waals surface area contributed by atoms with Crippen molar-refractivity contribution in [2.45, 2.75) is 0 Å². The second kappa shape index (κ2) is 7.55. The van der Waals surface area contributed by atoms with Crippen molar-refractivity contribution in [3.8, 4) is 17.2 Å². The topological polar surface area (TPSA) is 91.2 Å². The lowest BCUT2D eigenvalue weighted by atomic mass is 10.2. The SMILES string of the molecule is COc1cc(Nc2ccc3ncn(-c4cncnc4)c(=O)c3c2)c(F)c(OC)c1. The fraction of sp³-hybridized carbons (Fsp3) is 0.100. The average molecular weight is 393 g/mol. The number of benzene rings is 2. The second-order valence-electron chi connectivity index (χ2n) is 6.06. The van der Waals surface area contributed by atoms with Gasteiger partial charge in [0.2, 0.25) is 0 Å². The first-order valence-corrected chi connectivity index (χ1v) is 8.56. The molecular weight excluding hydrogens is 377 g/mol. The van der Waals surface area contributed by atoms with Gasteiger partial charge in [0.15, 0.2) is 11.6 Å². The van der Waals surface area contributed by atoms with Crippen molar-refractivity contribution in [1.82, 2.24) is 19.5 Å². The zero-order chi connectivity index (χ0) is 20.4. The van der Waals surface area contributed by atoms with Gasteiger partial charge in [-0.15, -0.1) is 0 Å². The van der Waals surface area contributed by atoms with E-state index >= 15 is 0 Å². The minimum absolute atomic E-state index is 0.0424. The maximum absolute atomic E-state index is 14.6. The van der Waals surface area contributed by atoms with Crippen LogP contribution in [-0.4, -0.2) is 33.7 Å². The van der Waals surface area contributed by atoms with Gasteiger partial charge in [0, 0.05) is 17.8 Å². The van der Waals surface area contributed by atoms with Crippen LogP contribution in [0, 0.1) is 5.82 Å². The van der Waals surface area contributed by atoms with E-state index in [2.05, 4.69) is 20.3 Å². The molecule has 0 bridgehead atoms. The van der Waals surface area contributed by atoms with Gasteiger partial charge in [0.1, 0.15) is 18.4 Å². The Morgan fingerprint density at radius 3 is 2.59 bits per heavy atom. The smallest absolute Gasteiger partial charge is 0.265 e. The molecule has 9 heteroatoms. The van der Waals surface area contributed by atoms with Crippen molar-refractivity contribution in [2.75, 3.05) is 19.5 Å². The van der Waals surface area contributed by atoms with E-state index in [4.69, 9.17) is 9.47 Å². The molecule has 2 heterocycles. The van der Waals surface area contributed by atoms with Crippen LogP contribution < -0.4 is 20.3 Å². The van der Waals surface area contributed by atoms with E-state index < -0.39 is 5.82 Å². The number of nitrogens with zero attached hydrogens (tertiary/aromatic N) is 4. The monoisotopic (exact) mass is 393 g/mol. The highest BCUT2D eigenvalue weighted by Gasteiger charge is 2.13. The molecule has 0 spiro atoms. The van der Waals surface area contributed by atoms with Gasteiger partial charge in [-0.3, -0.25) is 9.36 Å². The second-order valence-corrected chi connectivity index (χ2v) is 6.06. The van der Waals surface area contributed by atoms with Gasteiger partial charge in [0.25, 0.3) is 5.56 Å². The predicted octanol–water partition coefficient (Wildman–Crippen LogP) is 3.08. The number of hydrogen-bond acceptors (Lipinski definition) is 7. The molecule has 146 valence electrons. The van der Waals surface area contributed by atoms with E-state index in [1.54, 1.807) is 18.2 Å². The Balaban J connectivity index is 1.78. The Morgan fingerprint density at radius 1 is 1.07 bits per heavy atom. The van der Waals surface area contributed by atoms with Crippen LogP contribution in [0.5, 0.6) is 11.5 Å². The van der Waals surface area contributed by atoms with Crippen LogP contribution in [0.4, 0.5) is 15.8 Å². The lowest BCUT2D eigenvalue weighted by Gasteiger charge is -2.13. The number of halogens is 1. The molecule has 0 radical (unpaired) electrons. The highest BCUT2D eigenvalue weighted by atomic mass is 19.1. The lowest BCUT2D eigenvalue weighted by molar-refractivity contribution is 0.375. The van der Waals surface area contributed by atoms with E-state index in [1.807, 2.05) is 0 Å². The Kier molecular flexibility index (Phi) is 4.78. The summed E-state index contributed by atoms with van der Waals surface area (Å²) in [7, 11) is 2.85. The van der Waals surface area contributed by atoms with E-state index in [0.29, 0.717) is 28.0 Å². The minimum atomic E-state index is -0.571. The summed E-state index contributed by atoms with van der Waals surface area (Å²) in [6, 6.07) is 7.95. The number of fused-ring (bicyclic) bond motifs is 1. The van der Waals surface area contributed by atoms with Crippen LogP contribution in [0.25, 0.3) is 16.6 Å². The summed E-state index contributed by atoms with van der Waals surface area (Å²) in [6.07, 6.45) is 5.83. The number of anilines is 2. The zero-order valence-corrected chi connectivity index (χ0v) is 15.6. The zero-order valence-electron chi connectivity index (χ0n) is 15.6. The van der Waals surface area contributed by atoms with Gasteiger partial charge in [-0.05, 0) is 18.2 Å². The van der Waals surface area contributed by atoms with Crippen LogP contribution >= 0.6 is 0 Å². The van der Waals surface area contributed by atoms with E-state index in [9.17, 15) is 9.18 Å². The van der Waals surface area contributed by atoms with Crippen LogP contribution in [0.2, 0.25) is 0 Å². The number of aromatic nitrogens is 4. The molecule has 0 aliphatic carbocycles. The van der Waals surface area contributed by atoms with E-state index in [0.717, 1.165) is 0 Å². The average Bonchev–Trinajstić information content (AvgIpc) is 2.76. The van der Waals surface area contributed by atoms with Gasteiger partial charge < -0.3 is 14.8 Å². The molecule has 0 aliphatic heterocycles. The summed E-state index contributed by atoms with van der Waals surface area (Å²) in [5.41, 5.74) is 1.37. The molecule has 0 atom stereocenters. The van der Waals surface area contributed by atoms with Crippen molar-refractivity contribution in [3.63, 3.8) is 0 Å². The molecule has 0 fully saturated rings. The summed E-state index contributed by atoms with van der Waals surface area (Å²) in [6.45, 7) is 0. The Morgan fingerprint density at radius 2 is 1.86 bits per heavy atom. The molecule has 29 heavy (non-hydrogen) atoms. The standard InChI is InChI=1S/C20H16FN5O3/c1-28-14-6-17(19(21)18(7-14)29-2)25-12-3-4-16-15(5-12)20(27)26(11-24-16)13-8-22-10-23-9-13/h3-11,25H,1-2H3. The first kappa shape index (κ1) is 18.4. The first-order chi connectivity index (χ1) is 14.1. The molecule has 0 unspecified atom stereocenters. The number of hydrogen-bond donors (Lipinski definition) is 1. The molecule has 2 aromatic heterocycles.